The van der Waals surface area contributed by atoms with Crippen LogP contribution in [0.2, 0.25) is 5.02 Å². The van der Waals surface area contributed by atoms with Crippen molar-refractivity contribution >= 4 is 33.2 Å². The standard InChI is InChI=1S/C28H25ClN2O4S/c1-21-8-7-9-22(18-21)19-31(36(33,34)25-16-14-23(29)15-17-25)20-28(32)30-26-12-5-6-13-27(26)35-24-10-3-2-4-11-24/h2-18H,19-20H2,1H3,(H,30,32). The number of nitrogens with one attached hydrogen (secondary N) is 1. The van der Waals surface area contributed by atoms with Gasteiger partial charge in [-0.05, 0) is 61.0 Å². The van der Waals surface area contributed by atoms with Crippen LogP contribution in [-0.2, 0) is 21.4 Å². The SMILES string of the molecule is Cc1cccc(CN(CC(=O)Nc2ccccc2Oc2ccccc2)S(=O)(=O)c2ccc(Cl)cc2)c1. The van der Waals surface area contributed by atoms with E-state index in [2.05, 4.69) is 5.32 Å². The highest BCUT2D eigenvalue weighted by Crippen LogP contribution is 2.29. The number of para-hydroxylation sites is 3. The normalized spacial score (nSPS) is 11.3. The number of amides is 1. The first-order chi connectivity index (χ1) is 17.3. The van der Waals surface area contributed by atoms with Crippen LogP contribution in [0.3, 0.4) is 0 Å². The number of nitrogens with zero attached hydrogens (tertiary/aromatic N) is 1. The van der Waals surface area contributed by atoms with Gasteiger partial charge in [-0.15, -0.1) is 0 Å². The van der Waals surface area contributed by atoms with Crippen LogP contribution in [0.15, 0.2) is 108 Å². The monoisotopic (exact) mass is 520 g/mol. The van der Waals surface area contributed by atoms with Crippen molar-refractivity contribution in [2.75, 3.05) is 11.9 Å². The maximum absolute atomic E-state index is 13.5. The van der Waals surface area contributed by atoms with Gasteiger partial charge in [0, 0.05) is 11.6 Å². The van der Waals surface area contributed by atoms with Crippen LogP contribution in [0.1, 0.15) is 11.1 Å². The van der Waals surface area contributed by atoms with Crippen LogP contribution in [0.4, 0.5) is 5.69 Å². The molecule has 0 aromatic heterocycles. The zero-order valence-electron chi connectivity index (χ0n) is 19.6. The number of rotatable bonds is 9. The Morgan fingerprint density at radius 3 is 2.31 bits per heavy atom. The summed E-state index contributed by atoms with van der Waals surface area (Å²) in [5.41, 5.74) is 2.20. The molecule has 6 nitrogen and oxygen atoms in total. The van der Waals surface area contributed by atoms with Crippen molar-refractivity contribution in [3.05, 3.63) is 119 Å². The smallest absolute Gasteiger partial charge is 0.243 e. The molecule has 0 saturated heterocycles. The quantitative estimate of drug-likeness (QED) is 0.282. The molecule has 0 aliphatic carbocycles. The van der Waals surface area contributed by atoms with E-state index >= 15 is 0 Å². The van der Waals surface area contributed by atoms with Gasteiger partial charge in [0.25, 0.3) is 0 Å². The molecule has 4 aromatic carbocycles. The summed E-state index contributed by atoms with van der Waals surface area (Å²) in [6, 6.07) is 29.6. The highest BCUT2D eigenvalue weighted by Gasteiger charge is 2.27. The molecule has 0 saturated carbocycles. The van der Waals surface area contributed by atoms with Gasteiger partial charge in [-0.1, -0.05) is 71.8 Å². The number of carbonyl (C=O) groups excluding carboxylic acids is 1. The molecule has 4 rings (SSSR count). The van der Waals surface area contributed by atoms with E-state index in [4.69, 9.17) is 16.3 Å². The van der Waals surface area contributed by atoms with E-state index in [1.54, 1.807) is 36.4 Å². The van der Waals surface area contributed by atoms with Crippen LogP contribution in [0.5, 0.6) is 11.5 Å². The van der Waals surface area contributed by atoms with Crippen molar-refractivity contribution in [2.24, 2.45) is 0 Å². The van der Waals surface area contributed by atoms with Crippen LogP contribution >= 0.6 is 11.6 Å². The van der Waals surface area contributed by atoms with Crippen molar-refractivity contribution in [1.82, 2.24) is 4.31 Å². The lowest BCUT2D eigenvalue weighted by Gasteiger charge is -2.22. The van der Waals surface area contributed by atoms with Gasteiger partial charge in [0.15, 0.2) is 5.75 Å². The van der Waals surface area contributed by atoms with E-state index in [1.807, 2.05) is 49.4 Å². The molecule has 4 aromatic rings. The Kier molecular flexibility index (Phi) is 8.05. The summed E-state index contributed by atoms with van der Waals surface area (Å²) in [5, 5.41) is 3.22. The number of hydrogen-bond donors (Lipinski definition) is 1. The lowest BCUT2D eigenvalue weighted by molar-refractivity contribution is -0.116. The zero-order chi connectivity index (χ0) is 25.5. The van der Waals surface area contributed by atoms with Crippen molar-refractivity contribution in [3.63, 3.8) is 0 Å². The molecule has 184 valence electrons. The molecule has 1 amide bonds. The summed E-state index contributed by atoms with van der Waals surface area (Å²) in [6.45, 7) is 1.57. The minimum atomic E-state index is -3.99. The van der Waals surface area contributed by atoms with Crippen molar-refractivity contribution in [1.29, 1.82) is 0 Å². The number of benzene rings is 4. The maximum Gasteiger partial charge on any atom is 0.243 e. The number of aryl methyl sites for hydroxylation is 1. The molecule has 8 heteroatoms. The molecule has 0 heterocycles. The summed E-state index contributed by atoms with van der Waals surface area (Å²) in [5.74, 6) is 0.567. The van der Waals surface area contributed by atoms with E-state index in [0.29, 0.717) is 22.2 Å². The topological polar surface area (TPSA) is 75.7 Å². The number of halogens is 1. The number of hydrogen-bond acceptors (Lipinski definition) is 4. The molecular formula is C28H25ClN2O4S. The average Bonchev–Trinajstić information content (AvgIpc) is 2.86. The molecule has 36 heavy (non-hydrogen) atoms. The van der Waals surface area contributed by atoms with Gasteiger partial charge in [0.1, 0.15) is 5.75 Å². The Balaban J connectivity index is 1.58. The fourth-order valence-electron chi connectivity index (χ4n) is 3.62. The van der Waals surface area contributed by atoms with Crippen LogP contribution < -0.4 is 10.1 Å². The van der Waals surface area contributed by atoms with E-state index in [9.17, 15) is 13.2 Å². The second-order valence-corrected chi connectivity index (χ2v) is 10.5. The van der Waals surface area contributed by atoms with Gasteiger partial charge in [-0.2, -0.15) is 4.31 Å². The molecule has 1 N–H and O–H groups in total. The van der Waals surface area contributed by atoms with Crippen molar-refractivity contribution < 1.29 is 17.9 Å². The highest BCUT2D eigenvalue weighted by molar-refractivity contribution is 7.89. The third-order valence-electron chi connectivity index (χ3n) is 5.34. The fourth-order valence-corrected chi connectivity index (χ4v) is 5.13. The van der Waals surface area contributed by atoms with Gasteiger partial charge in [-0.25, -0.2) is 8.42 Å². The molecular weight excluding hydrogens is 496 g/mol. The lowest BCUT2D eigenvalue weighted by Crippen LogP contribution is -2.37. The Morgan fingerprint density at radius 2 is 1.58 bits per heavy atom. The van der Waals surface area contributed by atoms with Gasteiger partial charge < -0.3 is 10.1 Å². The minimum Gasteiger partial charge on any atom is -0.455 e. The molecule has 0 aliphatic rings. The van der Waals surface area contributed by atoms with Gasteiger partial charge in [-0.3, -0.25) is 4.79 Å². The molecule has 0 radical (unpaired) electrons. The van der Waals surface area contributed by atoms with Crippen molar-refractivity contribution in [3.8, 4) is 11.5 Å². The minimum absolute atomic E-state index is 0.0300. The van der Waals surface area contributed by atoms with Crippen molar-refractivity contribution in [2.45, 2.75) is 18.4 Å². The predicted octanol–water partition coefficient (Wildman–Crippen LogP) is 6.27. The van der Waals surface area contributed by atoms with E-state index in [0.717, 1.165) is 15.4 Å². The second kappa shape index (κ2) is 11.4. The van der Waals surface area contributed by atoms with Crippen LogP contribution in [0, 0.1) is 6.92 Å². The average molecular weight is 521 g/mol. The number of ether oxygens (including phenoxy) is 1. The number of anilines is 1. The van der Waals surface area contributed by atoms with Gasteiger partial charge in [0.2, 0.25) is 15.9 Å². The van der Waals surface area contributed by atoms with E-state index < -0.39 is 22.5 Å². The van der Waals surface area contributed by atoms with Gasteiger partial charge in [0.05, 0.1) is 17.1 Å². The summed E-state index contributed by atoms with van der Waals surface area (Å²) >= 11 is 5.95. The second-order valence-electron chi connectivity index (χ2n) is 8.18. The first kappa shape index (κ1) is 25.4. The molecule has 0 spiro atoms. The Labute approximate surface area is 216 Å². The third kappa shape index (κ3) is 6.51. The Morgan fingerprint density at radius 1 is 0.889 bits per heavy atom. The summed E-state index contributed by atoms with van der Waals surface area (Å²) < 4.78 is 34.1. The molecule has 0 atom stereocenters. The molecule has 0 aliphatic heterocycles. The predicted molar refractivity (Wildman–Crippen MR) is 142 cm³/mol. The number of sulfonamides is 1. The molecule has 0 fully saturated rings. The molecule has 0 unspecified atom stereocenters. The van der Waals surface area contributed by atoms with Crippen LogP contribution in [0.25, 0.3) is 0 Å². The third-order valence-corrected chi connectivity index (χ3v) is 7.40. The summed E-state index contributed by atoms with van der Waals surface area (Å²) in [4.78, 5) is 13.2. The van der Waals surface area contributed by atoms with E-state index in [1.165, 1.54) is 24.3 Å². The highest BCUT2D eigenvalue weighted by atomic mass is 35.5. The summed E-state index contributed by atoms with van der Waals surface area (Å²) in [7, 11) is -3.99. The Bertz CT molecular complexity index is 1440. The van der Waals surface area contributed by atoms with Gasteiger partial charge >= 0.3 is 0 Å². The first-order valence-corrected chi connectivity index (χ1v) is 13.1. The molecule has 0 bridgehead atoms. The van der Waals surface area contributed by atoms with Crippen LogP contribution in [-0.4, -0.2) is 25.2 Å². The maximum atomic E-state index is 13.5. The number of carbonyl (C=O) groups is 1. The summed E-state index contributed by atoms with van der Waals surface area (Å²) in [6.07, 6.45) is 0. The first-order valence-electron chi connectivity index (χ1n) is 11.2. The fraction of sp³-hybridized carbons (Fsp3) is 0.107. The Hall–Kier alpha value is -3.65. The lowest BCUT2D eigenvalue weighted by atomic mass is 10.1. The van der Waals surface area contributed by atoms with E-state index in [-0.39, 0.29) is 11.4 Å². The zero-order valence-corrected chi connectivity index (χ0v) is 21.2. The largest absolute Gasteiger partial charge is 0.455 e.